The number of hydrogen-bond donors (Lipinski definition) is 1. The molecule has 0 aliphatic rings. The van der Waals surface area contributed by atoms with Crippen molar-refractivity contribution in [1.29, 1.82) is 0 Å². The lowest BCUT2D eigenvalue weighted by atomic mass is 10.2. The second-order valence-electron chi connectivity index (χ2n) is 4.16. The first-order valence-electron chi connectivity index (χ1n) is 5.56. The Bertz CT molecular complexity index is 305. The number of aromatic nitrogens is 1. The molecular weight excluding hydrogens is 268 g/mol. The Kier molecular flexibility index (Phi) is 6.61. The van der Waals surface area contributed by atoms with Crippen molar-refractivity contribution in [3.63, 3.8) is 0 Å². The molecule has 90 valence electrons. The lowest BCUT2D eigenvalue weighted by Crippen LogP contribution is -2.20. The van der Waals surface area contributed by atoms with E-state index in [1.807, 2.05) is 6.20 Å². The topological polar surface area (TPSA) is 34.1 Å². The molecule has 16 heavy (non-hydrogen) atoms. The van der Waals surface area contributed by atoms with Gasteiger partial charge in [0.1, 0.15) is 0 Å². The Morgan fingerprint density at radius 3 is 2.94 bits per heavy atom. The molecule has 0 saturated heterocycles. The van der Waals surface area contributed by atoms with E-state index >= 15 is 0 Å². The van der Waals surface area contributed by atoms with Crippen molar-refractivity contribution in [3.05, 3.63) is 28.5 Å². The Hall–Kier alpha value is -0.450. The van der Waals surface area contributed by atoms with E-state index in [4.69, 9.17) is 4.74 Å². The smallest absolute Gasteiger partial charge is 0.0591 e. The number of rotatable bonds is 7. The highest BCUT2D eigenvalue weighted by Crippen LogP contribution is 2.08. The molecule has 0 atom stereocenters. The van der Waals surface area contributed by atoms with E-state index < -0.39 is 0 Å². The molecule has 0 unspecified atom stereocenters. The van der Waals surface area contributed by atoms with Crippen molar-refractivity contribution >= 4 is 15.9 Å². The summed E-state index contributed by atoms with van der Waals surface area (Å²) >= 11 is 3.40. The van der Waals surface area contributed by atoms with Gasteiger partial charge in [0.15, 0.2) is 0 Å². The minimum absolute atomic E-state index is 0.606. The van der Waals surface area contributed by atoms with Crippen LogP contribution >= 0.6 is 15.9 Å². The van der Waals surface area contributed by atoms with Crippen molar-refractivity contribution in [3.8, 4) is 0 Å². The van der Waals surface area contributed by atoms with Crippen LogP contribution in [0.25, 0.3) is 0 Å². The Morgan fingerprint density at radius 1 is 1.44 bits per heavy atom. The summed E-state index contributed by atoms with van der Waals surface area (Å²) in [5.41, 5.74) is 1.18. The summed E-state index contributed by atoms with van der Waals surface area (Å²) in [5.74, 6) is 0.606. The SMILES string of the molecule is CC(C)COCCNCc1cncc(Br)c1. The van der Waals surface area contributed by atoms with E-state index in [0.717, 1.165) is 30.8 Å². The highest BCUT2D eigenvalue weighted by Gasteiger charge is 1.95. The molecule has 0 aliphatic heterocycles. The van der Waals surface area contributed by atoms with Gasteiger partial charge in [-0.2, -0.15) is 0 Å². The third kappa shape index (κ3) is 6.20. The molecular formula is C12H19BrN2O. The van der Waals surface area contributed by atoms with Gasteiger partial charge < -0.3 is 10.1 Å². The van der Waals surface area contributed by atoms with Crippen LogP contribution in [-0.2, 0) is 11.3 Å². The minimum Gasteiger partial charge on any atom is -0.380 e. The number of nitrogens with zero attached hydrogens (tertiary/aromatic N) is 1. The maximum Gasteiger partial charge on any atom is 0.0591 e. The van der Waals surface area contributed by atoms with Gasteiger partial charge in [-0.1, -0.05) is 13.8 Å². The summed E-state index contributed by atoms with van der Waals surface area (Å²) < 4.78 is 6.49. The first-order chi connectivity index (χ1) is 7.68. The molecule has 1 aromatic heterocycles. The molecule has 1 aromatic rings. The van der Waals surface area contributed by atoms with Crippen molar-refractivity contribution < 1.29 is 4.74 Å². The predicted molar refractivity (Wildman–Crippen MR) is 69.3 cm³/mol. The zero-order chi connectivity index (χ0) is 11.8. The molecule has 0 aliphatic carbocycles. The van der Waals surface area contributed by atoms with E-state index in [0.29, 0.717) is 5.92 Å². The molecule has 0 aromatic carbocycles. The maximum atomic E-state index is 5.47. The zero-order valence-corrected chi connectivity index (χ0v) is 11.5. The van der Waals surface area contributed by atoms with Gasteiger partial charge in [-0.3, -0.25) is 4.98 Å². The van der Waals surface area contributed by atoms with Gasteiger partial charge >= 0.3 is 0 Å². The standard InChI is InChI=1S/C12H19BrN2O/c1-10(2)9-16-4-3-14-6-11-5-12(13)8-15-7-11/h5,7-8,10,14H,3-4,6,9H2,1-2H3. The van der Waals surface area contributed by atoms with Crippen molar-refractivity contribution in [2.45, 2.75) is 20.4 Å². The highest BCUT2D eigenvalue weighted by atomic mass is 79.9. The van der Waals surface area contributed by atoms with Gasteiger partial charge in [0.25, 0.3) is 0 Å². The van der Waals surface area contributed by atoms with E-state index in [2.05, 4.69) is 46.1 Å². The summed E-state index contributed by atoms with van der Waals surface area (Å²) in [6.45, 7) is 7.61. The van der Waals surface area contributed by atoms with Gasteiger partial charge in [0.2, 0.25) is 0 Å². The number of ether oxygens (including phenoxy) is 1. The van der Waals surface area contributed by atoms with Crippen LogP contribution in [0.15, 0.2) is 22.9 Å². The van der Waals surface area contributed by atoms with Crippen molar-refractivity contribution in [1.82, 2.24) is 10.3 Å². The summed E-state index contributed by atoms with van der Waals surface area (Å²) in [5, 5.41) is 3.32. The minimum atomic E-state index is 0.606. The Balaban J connectivity index is 2.07. The molecule has 0 radical (unpaired) electrons. The third-order valence-electron chi connectivity index (χ3n) is 1.96. The molecule has 0 spiro atoms. The number of pyridine rings is 1. The van der Waals surface area contributed by atoms with Crippen LogP contribution in [0.4, 0.5) is 0 Å². The average Bonchev–Trinajstić information content (AvgIpc) is 2.23. The van der Waals surface area contributed by atoms with Crippen LogP contribution in [0.1, 0.15) is 19.4 Å². The Labute approximate surface area is 106 Å². The lowest BCUT2D eigenvalue weighted by molar-refractivity contribution is 0.111. The van der Waals surface area contributed by atoms with Crippen LogP contribution in [0, 0.1) is 5.92 Å². The first-order valence-corrected chi connectivity index (χ1v) is 6.35. The zero-order valence-electron chi connectivity index (χ0n) is 9.87. The molecule has 1 N–H and O–H groups in total. The molecule has 4 heteroatoms. The van der Waals surface area contributed by atoms with Gasteiger partial charge in [-0.15, -0.1) is 0 Å². The fraction of sp³-hybridized carbons (Fsp3) is 0.583. The molecule has 0 saturated carbocycles. The third-order valence-corrected chi connectivity index (χ3v) is 2.40. The van der Waals surface area contributed by atoms with Crippen LogP contribution < -0.4 is 5.32 Å². The number of hydrogen-bond acceptors (Lipinski definition) is 3. The summed E-state index contributed by atoms with van der Waals surface area (Å²) in [7, 11) is 0. The fourth-order valence-corrected chi connectivity index (χ4v) is 1.66. The first kappa shape index (κ1) is 13.6. The molecule has 1 rings (SSSR count). The van der Waals surface area contributed by atoms with Gasteiger partial charge in [-0.25, -0.2) is 0 Å². The Morgan fingerprint density at radius 2 is 2.25 bits per heavy atom. The molecule has 0 bridgehead atoms. The number of halogens is 1. The van der Waals surface area contributed by atoms with E-state index in [1.165, 1.54) is 5.56 Å². The lowest BCUT2D eigenvalue weighted by Gasteiger charge is -2.08. The van der Waals surface area contributed by atoms with Crippen molar-refractivity contribution in [2.75, 3.05) is 19.8 Å². The molecule has 3 nitrogen and oxygen atoms in total. The van der Waals surface area contributed by atoms with E-state index in [-0.39, 0.29) is 0 Å². The average molecular weight is 287 g/mol. The summed E-state index contributed by atoms with van der Waals surface area (Å²) in [6, 6.07) is 2.06. The summed E-state index contributed by atoms with van der Waals surface area (Å²) in [6.07, 6.45) is 3.65. The number of nitrogens with one attached hydrogen (secondary N) is 1. The molecule has 1 heterocycles. The second-order valence-corrected chi connectivity index (χ2v) is 5.07. The molecule has 0 amide bonds. The van der Waals surface area contributed by atoms with E-state index in [9.17, 15) is 0 Å². The van der Waals surface area contributed by atoms with Gasteiger partial charge in [0.05, 0.1) is 6.61 Å². The quantitative estimate of drug-likeness (QED) is 0.783. The van der Waals surface area contributed by atoms with Crippen LogP contribution in [0.3, 0.4) is 0 Å². The van der Waals surface area contributed by atoms with Gasteiger partial charge in [0, 0.05) is 36.6 Å². The highest BCUT2D eigenvalue weighted by molar-refractivity contribution is 9.10. The fourth-order valence-electron chi connectivity index (χ4n) is 1.25. The normalized spacial score (nSPS) is 11.0. The largest absolute Gasteiger partial charge is 0.380 e. The second kappa shape index (κ2) is 7.76. The van der Waals surface area contributed by atoms with Crippen LogP contribution in [-0.4, -0.2) is 24.7 Å². The van der Waals surface area contributed by atoms with Crippen LogP contribution in [0.5, 0.6) is 0 Å². The molecule has 0 fully saturated rings. The van der Waals surface area contributed by atoms with E-state index in [1.54, 1.807) is 6.20 Å². The summed E-state index contributed by atoms with van der Waals surface area (Å²) in [4.78, 5) is 4.10. The van der Waals surface area contributed by atoms with Crippen molar-refractivity contribution in [2.24, 2.45) is 5.92 Å². The maximum absolute atomic E-state index is 5.47. The monoisotopic (exact) mass is 286 g/mol. The van der Waals surface area contributed by atoms with Gasteiger partial charge in [-0.05, 0) is 33.5 Å². The predicted octanol–water partition coefficient (Wildman–Crippen LogP) is 2.61. The van der Waals surface area contributed by atoms with Crippen LogP contribution in [0.2, 0.25) is 0 Å².